The third-order valence-electron chi connectivity index (χ3n) is 1.06. The monoisotopic (exact) mass is 124 g/mol. The zero-order chi connectivity index (χ0) is 7.28. The summed E-state index contributed by atoms with van der Waals surface area (Å²) in [6.45, 7) is 5.32. The molecule has 0 N–H and O–H groups in total. The summed E-state index contributed by atoms with van der Waals surface area (Å²) < 4.78 is 0. The molecule has 0 fully saturated rings. The van der Waals surface area contributed by atoms with Crippen molar-refractivity contribution in [3.05, 3.63) is 23.8 Å². The van der Waals surface area contributed by atoms with Crippen LogP contribution in [0.15, 0.2) is 23.8 Å². The van der Waals surface area contributed by atoms with Gasteiger partial charge in [-0.1, -0.05) is 18.2 Å². The Kier molecular flexibility index (Phi) is 3.69. The predicted octanol–water partition coefficient (Wildman–Crippen LogP) is 2.10. The molecule has 1 nitrogen and oxygen atoms in total. The molecule has 0 amide bonds. The van der Waals surface area contributed by atoms with Gasteiger partial charge in [-0.25, -0.2) is 0 Å². The van der Waals surface area contributed by atoms with Crippen LogP contribution in [0, 0.1) is 0 Å². The van der Waals surface area contributed by atoms with Crippen LogP contribution in [0.3, 0.4) is 0 Å². The number of carbonyl (C=O) groups is 1. The van der Waals surface area contributed by atoms with Gasteiger partial charge in [-0.15, -0.1) is 0 Å². The lowest BCUT2D eigenvalue weighted by Gasteiger charge is -1.89. The first-order chi connectivity index (χ1) is 4.22. The van der Waals surface area contributed by atoms with E-state index in [0.717, 1.165) is 5.57 Å². The Bertz CT molecular complexity index is 152. The van der Waals surface area contributed by atoms with Crippen molar-refractivity contribution >= 4 is 5.78 Å². The summed E-state index contributed by atoms with van der Waals surface area (Å²) in [7, 11) is 0. The molecule has 0 aliphatic rings. The molecule has 1 heteroatoms. The average molecular weight is 124 g/mol. The first-order valence-corrected chi connectivity index (χ1v) is 3.02. The number of ketones is 1. The second-order valence-electron chi connectivity index (χ2n) is 1.80. The quantitative estimate of drug-likeness (QED) is 0.407. The molecule has 50 valence electrons. The highest BCUT2D eigenvalue weighted by atomic mass is 16.1. The standard InChI is InChI=1S/C8H12O/c1-4-6-8(5-2)7(3)9/h4-6H,1-3H3. The van der Waals surface area contributed by atoms with Gasteiger partial charge >= 0.3 is 0 Å². The molecule has 0 aliphatic carbocycles. The summed E-state index contributed by atoms with van der Waals surface area (Å²) in [6, 6.07) is 0. The fraction of sp³-hybridized carbons (Fsp3) is 0.375. The van der Waals surface area contributed by atoms with E-state index < -0.39 is 0 Å². The van der Waals surface area contributed by atoms with Crippen LogP contribution >= 0.6 is 0 Å². The molecule has 0 spiro atoms. The Morgan fingerprint density at radius 2 is 1.89 bits per heavy atom. The highest BCUT2D eigenvalue weighted by molar-refractivity contribution is 5.95. The molecule has 0 saturated heterocycles. The molecule has 0 bridgehead atoms. The van der Waals surface area contributed by atoms with Crippen molar-refractivity contribution in [2.45, 2.75) is 20.8 Å². The first-order valence-electron chi connectivity index (χ1n) is 3.02. The Labute approximate surface area is 56.1 Å². The third-order valence-corrected chi connectivity index (χ3v) is 1.06. The molecule has 0 aromatic carbocycles. The first kappa shape index (κ1) is 8.15. The van der Waals surface area contributed by atoms with Crippen LogP contribution in [-0.4, -0.2) is 5.78 Å². The Balaban J connectivity index is 4.19. The van der Waals surface area contributed by atoms with E-state index in [1.807, 2.05) is 32.1 Å². The minimum atomic E-state index is 0.121. The fourth-order valence-corrected chi connectivity index (χ4v) is 0.596. The molecule has 0 atom stereocenters. The second-order valence-corrected chi connectivity index (χ2v) is 1.80. The number of carbonyl (C=O) groups excluding carboxylic acids is 1. The summed E-state index contributed by atoms with van der Waals surface area (Å²) >= 11 is 0. The lowest BCUT2D eigenvalue weighted by molar-refractivity contribution is -0.113. The molecule has 0 aromatic rings. The number of hydrogen-bond donors (Lipinski definition) is 0. The molecule has 9 heavy (non-hydrogen) atoms. The normalized spacial score (nSPS) is 12.6. The van der Waals surface area contributed by atoms with Crippen LogP contribution in [0.2, 0.25) is 0 Å². The third kappa shape index (κ3) is 2.85. The van der Waals surface area contributed by atoms with E-state index in [0.29, 0.717) is 0 Å². The Morgan fingerprint density at radius 3 is 2.00 bits per heavy atom. The van der Waals surface area contributed by atoms with Crippen molar-refractivity contribution in [3.8, 4) is 0 Å². The maximum absolute atomic E-state index is 10.6. The molecule has 0 heterocycles. The SMILES string of the molecule is CC=CC(=CC)C(C)=O. The molecule has 0 aromatic heterocycles. The topological polar surface area (TPSA) is 17.1 Å². The summed E-state index contributed by atoms with van der Waals surface area (Å²) in [6.07, 6.45) is 5.47. The maximum Gasteiger partial charge on any atom is 0.159 e. The summed E-state index contributed by atoms with van der Waals surface area (Å²) in [4.78, 5) is 10.6. The lowest BCUT2D eigenvalue weighted by atomic mass is 10.2. The van der Waals surface area contributed by atoms with Gasteiger partial charge in [0.2, 0.25) is 0 Å². The number of allylic oxidation sites excluding steroid dienone is 4. The van der Waals surface area contributed by atoms with Crippen LogP contribution in [0.4, 0.5) is 0 Å². The van der Waals surface area contributed by atoms with Gasteiger partial charge < -0.3 is 0 Å². The average Bonchev–Trinajstić information content (AvgIpc) is 1.82. The summed E-state index contributed by atoms with van der Waals surface area (Å²) in [5.41, 5.74) is 0.775. The van der Waals surface area contributed by atoms with Crippen LogP contribution in [0.1, 0.15) is 20.8 Å². The fourth-order valence-electron chi connectivity index (χ4n) is 0.596. The van der Waals surface area contributed by atoms with Gasteiger partial charge in [-0.3, -0.25) is 4.79 Å². The molecule has 0 radical (unpaired) electrons. The van der Waals surface area contributed by atoms with Gasteiger partial charge in [0.1, 0.15) is 0 Å². The van der Waals surface area contributed by atoms with E-state index in [4.69, 9.17) is 0 Å². The molecular formula is C8H12O. The highest BCUT2D eigenvalue weighted by Crippen LogP contribution is 1.96. The van der Waals surface area contributed by atoms with E-state index in [9.17, 15) is 4.79 Å². The molecule has 0 rings (SSSR count). The van der Waals surface area contributed by atoms with Gasteiger partial charge in [0, 0.05) is 5.57 Å². The number of hydrogen-bond acceptors (Lipinski definition) is 1. The summed E-state index contributed by atoms with van der Waals surface area (Å²) in [5.74, 6) is 0.121. The van der Waals surface area contributed by atoms with E-state index in [2.05, 4.69) is 0 Å². The van der Waals surface area contributed by atoms with Crippen molar-refractivity contribution in [1.29, 1.82) is 0 Å². The Morgan fingerprint density at radius 1 is 1.33 bits per heavy atom. The number of Topliss-reactive ketones (excluding diaryl/α,β-unsaturated/α-hetero) is 1. The highest BCUT2D eigenvalue weighted by Gasteiger charge is 1.93. The van der Waals surface area contributed by atoms with Gasteiger partial charge in [-0.05, 0) is 20.8 Å². The molecular weight excluding hydrogens is 112 g/mol. The smallest absolute Gasteiger partial charge is 0.159 e. The maximum atomic E-state index is 10.6. The van der Waals surface area contributed by atoms with E-state index in [1.165, 1.54) is 0 Å². The van der Waals surface area contributed by atoms with Crippen LogP contribution < -0.4 is 0 Å². The van der Waals surface area contributed by atoms with Crippen molar-refractivity contribution in [1.82, 2.24) is 0 Å². The van der Waals surface area contributed by atoms with Gasteiger partial charge in [0.15, 0.2) is 5.78 Å². The molecule has 0 saturated carbocycles. The number of rotatable bonds is 2. The van der Waals surface area contributed by atoms with Crippen LogP contribution in [-0.2, 0) is 4.79 Å². The van der Waals surface area contributed by atoms with Gasteiger partial charge in [0.25, 0.3) is 0 Å². The Hall–Kier alpha value is -0.850. The zero-order valence-electron chi connectivity index (χ0n) is 6.14. The van der Waals surface area contributed by atoms with Crippen LogP contribution in [0.25, 0.3) is 0 Å². The molecule has 0 unspecified atom stereocenters. The summed E-state index contributed by atoms with van der Waals surface area (Å²) in [5, 5.41) is 0. The van der Waals surface area contributed by atoms with E-state index in [1.54, 1.807) is 6.92 Å². The minimum absolute atomic E-state index is 0.121. The lowest BCUT2D eigenvalue weighted by Crippen LogP contribution is -1.90. The predicted molar refractivity (Wildman–Crippen MR) is 39.3 cm³/mol. The minimum Gasteiger partial charge on any atom is -0.295 e. The second kappa shape index (κ2) is 4.07. The van der Waals surface area contributed by atoms with Crippen molar-refractivity contribution in [2.75, 3.05) is 0 Å². The van der Waals surface area contributed by atoms with E-state index in [-0.39, 0.29) is 5.78 Å². The molecule has 0 aliphatic heterocycles. The van der Waals surface area contributed by atoms with E-state index >= 15 is 0 Å². The van der Waals surface area contributed by atoms with Crippen molar-refractivity contribution < 1.29 is 4.79 Å². The van der Waals surface area contributed by atoms with Crippen LogP contribution in [0.5, 0.6) is 0 Å². The largest absolute Gasteiger partial charge is 0.295 e. The van der Waals surface area contributed by atoms with Crippen molar-refractivity contribution in [2.24, 2.45) is 0 Å². The van der Waals surface area contributed by atoms with Crippen molar-refractivity contribution in [3.63, 3.8) is 0 Å². The zero-order valence-corrected chi connectivity index (χ0v) is 6.14. The van der Waals surface area contributed by atoms with Gasteiger partial charge in [0.05, 0.1) is 0 Å². The van der Waals surface area contributed by atoms with Gasteiger partial charge in [-0.2, -0.15) is 0 Å².